The summed E-state index contributed by atoms with van der Waals surface area (Å²) in [6.45, 7) is 2.08. The molecule has 6 heteroatoms. The molecule has 11 heavy (non-hydrogen) atoms. The van der Waals surface area contributed by atoms with E-state index >= 15 is 0 Å². The molecule has 1 atom stereocenters. The number of nitrogens with zero attached hydrogens (tertiary/aromatic N) is 1. The molecular formula is C5H12NO4P. The molecule has 0 rings (SSSR count). The van der Waals surface area contributed by atoms with Gasteiger partial charge in [0.15, 0.2) is 0 Å². The van der Waals surface area contributed by atoms with Gasteiger partial charge in [0.2, 0.25) is 0 Å². The Balaban J connectivity index is 3.71. The molecule has 0 aromatic carbocycles. The number of hydrogen-bond acceptors (Lipinski definition) is 4. The van der Waals surface area contributed by atoms with E-state index in [1.54, 1.807) is 0 Å². The van der Waals surface area contributed by atoms with Crippen LogP contribution in [0.15, 0.2) is 5.16 Å². The second-order valence-corrected chi connectivity index (χ2v) is 3.85. The summed E-state index contributed by atoms with van der Waals surface area (Å²) in [7, 11) is -3.53. The van der Waals surface area contributed by atoms with Gasteiger partial charge in [0, 0.05) is 0 Å². The third kappa shape index (κ3) is 6.04. The van der Waals surface area contributed by atoms with E-state index in [0.29, 0.717) is 6.42 Å². The highest BCUT2D eigenvalue weighted by atomic mass is 31.2. The van der Waals surface area contributed by atoms with Gasteiger partial charge in [-0.2, -0.15) is 0 Å². The molecule has 0 amide bonds. The van der Waals surface area contributed by atoms with Crippen molar-refractivity contribution in [2.24, 2.45) is 5.16 Å². The molecule has 0 fully saturated rings. The Labute approximate surface area is 65.2 Å². The molecule has 0 saturated carbocycles. The molecule has 0 radical (unpaired) electrons. The van der Waals surface area contributed by atoms with Crippen LogP contribution in [0.2, 0.25) is 0 Å². The summed E-state index contributed by atoms with van der Waals surface area (Å²) in [5.74, 6) is 0. The first-order chi connectivity index (χ1) is 5.12. The molecule has 5 nitrogen and oxygen atoms in total. The average Bonchev–Trinajstić information content (AvgIpc) is 1.97. The Morgan fingerprint density at radius 2 is 2.36 bits per heavy atom. The maximum absolute atomic E-state index is 10.9. The molecule has 0 aliphatic rings. The highest BCUT2D eigenvalue weighted by Crippen LogP contribution is 2.40. The highest BCUT2D eigenvalue weighted by Gasteiger charge is 2.16. The van der Waals surface area contributed by atoms with Crippen LogP contribution in [0.5, 0.6) is 0 Å². The molecule has 0 spiro atoms. The van der Waals surface area contributed by atoms with Crippen LogP contribution in [0.4, 0.5) is 0 Å². The first-order valence-corrected chi connectivity index (χ1v) is 5.01. The standard InChI is InChI=1S/C5H12NO4P/c1-2-4-10-11(8,9)5-3-6-7/h3,7H,2,4-5H2,1H3,(H,8,9). The molecule has 0 saturated heterocycles. The molecule has 0 aromatic heterocycles. The lowest BCUT2D eigenvalue weighted by Crippen LogP contribution is -1.96. The minimum atomic E-state index is -3.53. The summed E-state index contributed by atoms with van der Waals surface area (Å²) >= 11 is 0. The predicted molar refractivity (Wildman–Crippen MR) is 41.2 cm³/mol. The first-order valence-electron chi connectivity index (χ1n) is 3.24. The maximum atomic E-state index is 10.9. The van der Waals surface area contributed by atoms with Gasteiger partial charge in [0.25, 0.3) is 0 Å². The summed E-state index contributed by atoms with van der Waals surface area (Å²) in [4.78, 5) is 8.91. The SMILES string of the molecule is CCCOP(=O)(O)CC=NO. The lowest BCUT2D eigenvalue weighted by atomic mass is 10.5. The van der Waals surface area contributed by atoms with Crippen molar-refractivity contribution in [1.82, 2.24) is 0 Å². The average molecular weight is 181 g/mol. The third-order valence-corrected chi connectivity index (χ3v) is 2.10. The van der Waals surface area contributed by atoms with Crippen LogP contribution in [0.25, 0.3) is 0 Å². The van der Waals surface area contributed by atoms with Gasteiger partial charge < -0.3 is 14.6 Å². The zero-order valence-corrected chi connectivity index (χ0v) is 7.20. The maximum Gasteiger partial charge on any atom is 0.333 e. The van der Waals surface area contributed by atoms with Crippen LogP contribution in [0.1, 0.15) is 13.3 Å². The summed E-state index contributed by atoms with van der Waals surface area (Å²) in [5.41, 5.74) is 0. The Morgan fingerprint density at radius 3 is 2.82 bits per heavy atom. The van der Waals surface area contributed by atoms with Crippen LogP contribution in [0.3, 0.4) is 0 Å². The second-order valence-electron chi connectivity index (χ2n) is 1.95. The van der Waals surface area contributed by atoms with Gasteiger partial charge in [-0.1, -0.05) is 6.92 Å². The number of rotatable bonds is 5. The fourth-order valence-corrected chi connectivity index (χ4v) is 1.28. The molecule has 2 N–H and O–H groups in total. The van der Waals surface area contributed by atoms with Crippen molar-refractivity contribution in [2.45, 2.75) is 13.3 Å². The monoisotopic (exact) mass is 181 g/mol. The van der Waals surface area contributed by atoms with Crippen LogP contribution < -0.4 is 0 Å². The summed E-state index contributed by atoms with van der Waals surface area (Å²) < 4.78 is 15.5. The van der Waals surface area contributed by atoms with Gasteiger partial charge in [-0.15, -0.1) is 5.16 Å². The molecule has 66 valence electrons. The minimum absolute atomic E-state index is 0.243. The van der Waals surface area contributed by atoms with E-state index in [1.807, 2.05) is 6.92 Å². The van der Waals surface area contributed by atoms with Crippen LogP contribution in [-0.2, 0) is 9.09 Å². The highest BCUT2D eigenvalue weighted by molar-refractivity contribution is 7.53. The van der Waals surface area contributed by atoms with Crippen molar-refractivity contribution in [3.05, 3.63) is 0 Å². The lowest BCUT2D eigenvalue weighted by Gasteiger charge is -2.07. The minimum Gasteiger partial charge on any atom is -0.411 e. The van der Waals surface area contributed by atoms with E-state index in [1.165, 1.54) is 0 Å². The van der Waals surface area contributed by atoms with E-state index in [4.69, 9.17) is 10.1 Å². The van der Waals surface area contributed by atoms with Crippen LogP contribution >= 0.6 is 7.60 Å². The van der Waals surface area contributed by atoms with Gasteiger partial charge in [-0.25, -0.2) is 0 Å². The molecule has 0 aliphatic carbocycles. The lowest BCUT2D eigenvalue weighted by molar-refractivity contribution is 0.262. The molecular weight excluding hydrogens is 169 g/mol. The van der Waals surface area contributed by atoms with E-state index in [9.17, 15) is 4.57 Å². The summed E-state index contributed by atoms with van der Waals surface area (Å²) in [6, 6.07) is 0. The Morgan fingerprint density at radius 1 is 1.73 bits per heavy atom. The smallest absolute Gasteiger partial charge is 0.333 e. The predicted octanol–water partition coefficient (Wildman–Crippen LogP) is 1.06. The Kier molecular flexibility index (Phi) is 5.11. The van der Waals surface area contributed by atoms with Crippen LogP contribution in [0, 0.1) is 0 Å². The van der Waals surface area contributed by atoms with E-state index in [0.717, 1.165) is 6.21 Å². The molecule has 0 bridgehead atoms. The topological polar surface area (TPSA) is 79.1 Å². The normalized spacial score (nSPS) is 16.9. The zero-order valence-electron chi connectivity index (χ0n) is 6.30. The van der Waals surface area contributed by atoms with E-state index in [-0.39, 0.29) is 12.8 Å². The van der Waals surface area contributed by atoms with Crippen molar-refractivity contribution in [3.8, 4) is 0 Å². The third-order valence-electron chi connectivity index (χ3n) is 0.891. The molecule has 0 heterocycles. The Hall–Kier alpha value is -0.380. The number of oxime groups is 1. The van der Waals surface area contributed by atoms with Crippen molar-refractivity contribution < 1.29 is 19.2 Å². The van der Waals surface area contributed by atoms with Gasteiger partial charge >= 0.3 is 7.60 Å². The second kappa shape index (κ2) is 5.29. The molecule has 0 aliphatic heterocycles. The number of hydrogen-bond donors (Lipinski definition) is 2. The van der Waals surface area contributed by atoms with Crippen molar-refractivity contribution >= 4 is 13.8 Å². The molecule has 0 aromatic rings. The van der Waals surface area contributed by atoms with Gasteiger partial charge in [0.05, 0.1) is 19.0 Å². The summed E-state index contributed by atoms with van der Waals surface area (Å²) in [5, 5.41) is 10.5. The van der Waals surface area contributed by atoms with E-state index < -0.39 is 7.60 Å². The van der Waals surface area contributed by atoms with Gasteiger partial charge in [0.1, 0.15) is 0 Å². The fourth-order valence-electron chi connectivity index (χ4n) is 0.426. The van der Waals surface area contributed by atoms with Crippen molar-refractivity contribution in [3.63, 3.8) is 0 Å². The summed E-state index contributed by atoms with van der Waals surface area (Å²) in [6.07, 6.45) is 1.38. The van der Waals surface area contributed by atoms with Crippen molar-refractivity contribution in [1.29, 1.82) is 0 Å². The Bertz CT molecular complexity index is 170. The first kappa shape index (κ1) is 10.6. The molecule has 1 unspecified atom stereocenters. The van der Waals surface area contributed by atoms with Gasteiger partial charge in [-0.05, 0) is 6.42 Å². The van der Waals surface area contributed by atoms with Crippen LogP contribution in [-0.4, -0.2) is 29.1 Å². The fraction of sp³-hybridized carbons (Fsp3) is 0.800. The van der Waals surface area contributed by atoms with E-state index in [2.05, 4.69) is 9.68 Å². The quantitative estimate of drug-likeness (QED) is 0.287. The van der Waals surface area contributed by atoms with Crippen molar-refractivity contribution in [2.75, 3.05) is 12.8 Å². The largest absolute Gasteiger partial charge is 0.411 e. The van der Waals surface area contributed by atoms with Gasteiger partial charge in [-0.3, -0.25) is 4.57 Å². The zero-order chi connectivity index (χ0) is 8.74.